The lowest BCUT2D eigenvalue weighted by molar-refractivity contribution is -0.386. The van der Waals surface area contributed by atoms with E-state index in [0.29, 0.717) is 6.42 Å². The molecule has 1 aromatic rings. The number of carbonyl (C=O) groups excluding carboxylic acids is 1. The maximum atomic E-state index is 11.0. The summed E-state index contributed by atoms with van der Waals surface area (Å²) < 4.78 is 0. The predicted octanol–water partition coefficient (Wildman–Crippen LogP) is -0.0769. The fourth-order valence-electron chi connectivity index (χ4n) is 1.44. The molecule has 0 bridgehead atoms. The number of quaternary nitrogens is 1. The summed E-state index contributed by atoms with van der Waals surface area (Å²) in [5, 5.41) is 2.79. The van der Waals surface area contributed by atoms with Crippen molar-refractivity contribution in [3.05, 3.63) is 29.3 Å². The van der Waals surface area contributed by atoms with Crippen LogP contribution in [0.25, 0.3) is 0 Å². The van der Waals surface area contributed by atoms with Gasteiger partial charge in [0.2, 0.25) is 5.91 Å². The number of hydrogen-bond donors (Lipinski definition) is 2. The molecular weight excluding hydrogens is 152 g/mol. The number of carbonyl (C=O) groups is 1. The molecule has 62 valence electrons. The van der Waals surface area contributed by atoms with Crippen LogP contribution in [-0.4, -0.2) is 5.91 Å². The van der Waals surface area contributed by atoms with Crippen molar-refractivity contribution < 1.29 is 10.5 Å². The minimum absolute atomic E-state index is 0.0891. The van der Waals surface area contributed by atoms with Crippen molar-refractivity contribution in [2.75, 3.05) is 5.32 Å². The molecule has 1 aliphatic heterocycles. The number of rotatable bonds is 1. The second-order valence-corrected chi connectivity index (χ2v) is 2.97. The molecule has 0 aromatic heterocycles. The Balaban J connectivity index is 2.41. The molecule has 0 spiro atoms. The predicted molar refractivity (Wildman–Crippen MR) is 45.4 cm³/mol. The molecule has 3 heteroatoms. The van der Waals surface area contributed by atoms with Gasteiger partial charge in [-0.2, -0.15) is 0 Å². The van der Waals surface area contributed by atoms with E-state index in [9.17, 15) is 4.79 Å². The van der Waals surface area contributed by atoms with Crippen LogP contribution in [0.15, 0.2) is 18.2 Å². The lowest BCUT2D eigenvalue weighted by atomic mass is 10.1. The molecular formula is C9H11N2O+. The van der Waals surface area contributed by atoms with Crippen molar-refractivity contribution in [1.29, 1.82) is 0 Å². The van der Waals surface area contributed by atoms with Crippen LogP contribution in [0.1, 0.15) is 11.1 Å². The van der Waals surface area contributed by atoms with Gasteiger partial charge in [0.05, 0.1) is 13.0 Å². The Kier molecular flexibility index (Phi) is 1.59. The molecule has 12 heavy (non-hydrogen) atoms. The highest BCUT2D eigenvalue weighted by Gasteiger charge is 2.16. The van der Waals surface area contributed by atoms with Crippen molar-refractivity contribution in [2.24, 2.45) is 0 Å². The van der Waals surface area contributed by atoms with Crippen molar-refractivity contribution >= 4 is 11.6 Å². The SMILES string of the molecule is [NH3+]Cc1ccc2c(c1)CC(=O)N2. The van der Waals surface area contributed by atoms with Gasteiger partial charge in [0, 0.05) is 11.3 Å². The normalized spacial score (nSPS) is 14.2. The van der Waals surface area contributed by atoms with E-state index >= 15 is 0 Å². The second kappa shape index (κ2) is 2.60. The monoisotopic (exact) mass is 163 g/mol. The van der Waals surface area contributed by atoms with Crippen molar-refractivity contribution in [2.45, 2.75) is 13.0 Å². The number of anilines is 1. The lowest BCUT2D eigenvalue weighted by Crippen LogP contribution is -2.47. The third-order valence-electron chi connectivity index (χ3n) is 2.08. The topological polar surface area (TPSA) is 56.7 Å². The third kappa shape index (κ3) is 1.08. The molecule has 3 nitrogen and oxygen atoms in total. The number of amides is 1. The Hall–Kier alpha value is -1.35. The highest BCUT2D eigenvalue weighted by molar-refractivity contribution is 5.99. The van der Waals surface area contributed by atoms with E-state index in [-0.39, 0.29) is 5.91 Å². The zero-order valence-corrected chi connectivity index (χ0v) is 6.76. The first-order chi connectivity index (χ1) is 5.79. The third-order valence-corrected chi connectivity index (χ3v) is 2.08. The molecule has 2 rings (SSSR count). The van der Waals surface area contributed by atoms with E-state index in [0.717, 1.165) is 17.8 Å². The number of benzene rings is 1. The van der Waals surface area contributed by atoms with Gasteiger partial charge in [-0.3, -0.25) is 4.79 Å². The summed E-state index contributed by atoms with van der Waals surface area (Å²) >= 11 is 0. The summed E-state index contributed by atoms with van der Waals surface area (Å²) in [6.07, 6.45) is 0.517. The van der Waals surface area contributed by atoms with Gasteiger partial charge in [-0.25, -0.2) is 0 Å². The summed E-state index contributed by atoms with van der Waals surface area (Å²) in [7, 11) is 0. The summed E-state index contributed by atoms with van der Waals surface area (Å²) in [6, 6.07) is 5.98. The van der Waals surface area contributed by atoms with Gasteiger partial charge in [-0.1, -0.05) is 6.07 Å². The first kappa shape index (κ1) is 7.31. The van der Waals surface area contributed by atoms with E-state index < -0.39 is 0 Å². The first-order valence-electron chi connectivity index (χ1n) is 4.00. The molecule has 4 N–H and O–H groups in total. The molecule has 0 saturated heterocycles. The standard InChI is InChI=1S/C9H10N2O/c10-5-6-1-2-8-7(3-6)4-9(12)11-8/h1-3H,4-5,10H2,(H,11,12)/p+1. The molecule has 1 amide bonds. The zero-order valence-electron chi connectivity index (χ0n) is 6.76. The average molecular weight is 163 g/mol. The van der Waals surface area contributed by atoms with Crippen LogP contribution < -0.4 is 11.1 Å². The van der Waals surface area contributed by atoms with Gasteiger partial charge >= 0.3 is 0 Å². The van der Waals surface area contributed by atoms with E-state index in [1.54, 1.807) is 0 Å². The number of hydrogen-bond acceptors (Lipinski definition) is 1. The maximum absolute atomic E-state index is 11.0. The van der Waals surface area contributed by atoms with Gasteiger partial charge in [0.1, 0.15) is 0 Å². The van der Waals surface area contributed by atoms with Crippen LogP contribution in [0.2, 0.25) is 0 Å². The molecule has 1 aromatic carbocycles. The molecule has 0 unspecified atom stereocenters. The van der Waals surface area contributed by atoms with Crippen LogP contribution in [0.4, 0.5) is 5.69 Å². The average Bonchev–Trinajstić information content (AvgIpc) is 2.43. The van der Waals surface area contributed by atoms with Gasteiger partial charge in [-0.05, 0) is 17.7 Å². The Bertz CT molecular complexity index is 333. The summed E-state index contributed by atoms with van der Waals surface area (Å²) in [6.45, 7) is 0.779. The highest BCUT2D eigenvalue weighted by atomic mass is 16.1. The fourth-order valence-corrected chi connectivity index (χ4v) is 1.44. The maximum Gasteiger partial charge on any atom is 0.228 e. The van der Waals surface area contributed by atoms with Gasteiger partial charge in [0.25, 0.3) is 0 Å². The number of fused-ring (bicyclic) bond motifs is 1. The van der Waals surface area contributed by atoms with E-state index in [1.807, 2.05) is 18.2 Å². The summed E-state index contributed by atoms with van der Waals surface area (Å²) in [4.78, 5) is 11.0. The summed E-state index contributed by atoms with van der Waals surface area (Å²) in [5.74, 6) is 0.0891. The first-order valence-corrected chi connectivity index (χ1v) is 4.00. The number of nitrogens with one attached hydrogen (secondary N) is 1. The molecule has 0 fully saturated rings. The van der Waals surface area contributed by atoms with Crippen molar-refractivity contribution in [3.8, 4) is 0 Å². The van der Waals surface area contributed by atoms with Gasteiger partial charge in [-0.15, -0.1) is 0 Å². The van der Waals surface area contributed by atoms with Crippen LogP contribution in [0, 0.1) is 0 Å². The van der Waals surface area contributed by atoms with Crippen LogP contribution in [0.3, 0.4) is 0 Å². The van der Waals surface area contributed by atoms with E-state index in [2.05, 4.69) is 11.1 Å². The molecule has 0 atom stereocenters. The Labute approximate surface area is 70.6 Å². The second-order valence-electron chi connectivity index (χ2n) is 2.97. The van der Waals surface area contributed by atoms with Crippen LogP contribution >= 0.6 is 0 Å². The van der Waals surface area contributed by atoms with Crippen molar-refractivity contribution in [1.82, 2.24) is 0 Å². The molecule has 1 heterocycles. The largest absolute Gasteiger partial charge is 0.354 e. The molecule has 0 saturated carbocycles. The van der Waals surface area contributed by atoms with E-state index in [1.165, 1.54) is 5.56 Å². The molecule has 0 aliphatic carbocycles. The highest BCUT2D eigenvalue weighted by Crippen LogP contribution is 2.23. The Morgan fingerprint density at radius 1 is 1.50 bits per heavy atom. The van der Waals surface area contributed by atoms with Crippen LogP contribution in [-0.2, 0) is 17.8 Å². The molecule has 0 radical (unpaired) electrons. The Morgan fingerprint density at radius 2 is 2.33 bits per heavy atom. The van der Waals surface area contributed by atoms with Gasteiger partial charge < -0.3 is 11.1 Å². The minimum atomic E-state index is 0.0891. The van der Waals surface area contributed by atoms with Crippen molar-refractivity contribution in [3.63, 3.8) is 0 Å². The van der Waals surface area contributed by atoms with Gasteiger partial charge in [0.15, 0.2) is 0 Å². The lowest BCUT2D eigenvalue weighted by Gasteiger charge is -1.98. The fraction of sp³-hybridized carbons (Fsp3) is 0.222. The zero-order chi connectivity index (χ0) is 8.55. The van der Waals surface area contributed by atoms with E-state index in [4.69, 9.17) is 0 Å². The quantitative estimate of drug-likeness (QED) is 0.598. The smallest absolute Gasteiger partial charge is 0.228 e. The molecule has 1 aliphatic rings. The van der Waals surface area contributed by atoms with Crippen LogP contribution in [0.5, 0.6) is 0 Å². The minimum Gasteiger partial charge on any atom is -0.354 e. The summed E-state index contributed by atoms with van der Waals surface area (Å²) in [5.41, 5.74) is 7.03. The Morgan fingerprint density at radius 3 is 3.08 bits per heavy atom.